The molecule has 0 spiro atoms. The van der Waals surface area contributed by atoms with Crippen LogP contribution >= 0.6 is 11.6 Å². The van der Waals surface area contributed by atoms with Crippen molar-refractivity contribution in [2.75, 3.05) is 16.8 Å². The first-order chi connectivity index (χ1) is 16.8. The molecule has 1 heterocycles. The number of hydrogen-bond acceptors (Lipinski definition) is 5. The quantitative estimate of drug-likeness (QED) is 0.544. The van der Waals surface area contributed by atoms with Crippen molar-refractivity contribution >= 4 is 44.6 Å². The minimum absolute atomic E-state index is 0.0916. The Morgan fingerprint density at radius 2 is 1.54 bits per heavy atom. The molecule has 182 valence electrons. The monoisotopic (exact) mass is 511 g/mol. The fraction of sp³-hybridized carbons (Fsp3) is 0.269. The van der Waals surface area contributed by atoms with Gasteiger partial charge in [0, 0.05) is 12.1 Å². The minimum atomic E-state index is -3.86. The van der Waals surface area contributed by atoms with E-state index in [4.69, 9.17) is 11.6 Å². The van der Waals surface area contributed by atoms with Gasteiger partial charge in [-0.25, -0.2) is 13.1 Å². The summed E-state index contributed by atoms with van der Waals surface area (Å²) in [6.45, 7) is 0. The molecule has 1 aliphatic carbocycles. The van der Waals surface area contributed by atoms with Crippen molar-refractivity contribution in [3.8, 4) is 0 Å². The molecule has 2 aliphatic rings. The molecule has 1 saturated carbocycles. The third-order valence-electron chi connectivity index (χ3n) is 6.78. The Morgan fingerprint density at radius 3 is 2.26 bits per heavy atom. The third-order valence-corrected chi connectivity index (χ3v) is 8.54. The highest BCUT2D eigenvalue weighted by Gasteiger charge is 2.41. The van der Waals surface area contributed by atoms with Crippen molar-refractivity contribution in [2.45, 2.75) is 42.3 Å². The Labute approximate surface area is 210 Å². The molecule has 1 aliphatic heterocycles. The molecule has 1 fully saturated rings. The zero-order valence-electron chi connectivity index (χ0n) is 19.1. The van der Waals surface area contributed by atoms with Gasteiger partial charge in [0.25, 0.3) is 5.91 Å². The number of fused-ring (bicyclic) bond motifs is 2. The summed E-state index contributed by atoms with van der Waals surface area (Å²) in [7, 11) is -2.12. The van der Waals surface area contributed by atoms with E-state index in [-0.39, 0.29) is 10.8 Å². The number of amides is 1. The average Bonchev–Trinajstić information content (AvgIpc) is 2.94. The fourth-order valence-corrected chi connectivity index (χ4v) is 6.45. The van der Waals surface area contributed by atoms with Crippen LogP contribution in [0.2, 0.25) is 5.02 Å². The zero-order chi connectivity index (χ0) is 24.7. The van der Waals surface area contributed by atoms with Crippen molar-refractivity contribution in [3.63, 3.8) is 0 Å². The fourth-order valence-electron chi connectivity index (χ4n) is 5.04. The molecule has 0 unspecified atom stereocenters. The number of benzene rings is 3. The van der Waals surface area contributed by atoms with E-state index in [2.05, 4.69) is 4.72 Å². The van der Waals surface area contributed by atoms with Crippen LogP contribution in [-0.2, 0) is 10.0 Å². The molecule has 0 radical (unpaired) electrons. The number of aliphatic hydroxyl groups excluding tert-OH is 1. The van der Waals surface area contributed by atoms with Crippen molar-refractivity contribution in [1.82, 2.24) is 4.72 Å². The standard InChI is InChI=1S/C26H26ClN3O4S/c1-29-22-10-4-5-11-23(22)30(21-9-3-2-7-19(21)26(29)32)24-12-6-8-20(25(24)31)28-35(33,34)18-15-13-17(27)14-16-18/h2-5,7,9-11,13-16,20,24-25,28,31H,6,8,12H2,1H3/t20-,24+,25+/m0/s1. The molecule has 0 aromatic heterocycles. The number of rotatable bonds is 4. The van der Waals surface area contributed by atoms with E-state index in [0.717, 1.165) is 11.4 Å². The van der Waals surface area contributed by atoms with Gasteiger partial charge >= 0.3 is 0 Å². The number of nitrogens with one attached hydrogen (secondary N) is 1. The number of carbonyl (C=O) groups is 1. The van der Waals surface area contributed by atoms with Crippen LogP contribution in [0, 0.1) is 0 Å². The minimum Gasteiger partial charge on any atom is -0.389 e. The Morgan fingerprint density at radius 1 is 0.914 bits per heavy atom. The summed E-state index contributed by atoms with van der Waals surface area (Å²) < 4.78 is 28.8. The normalized spacial score (nSPS) is 22.4. The van der Waals surface area contributed by atoms with Crippen LogP contribution in [-0.4, -0.2) is 44.7 Å². The summed E-state index contributed by atoms with van der Waals surface area (Å²) in [6, 6.07) is 19.7. The lowest BCUT2D eigenvalue weighted by molar-refractivity contribution is 0.0812. The number of hydrogen-bond donors (Lipinski definition) is 2. The lowest BCUT2D eigenvalue weighted by atomic mass is 9.86. The zero-order valence-corrected chi connectivity index (χ0v) is 20.7. The Kier molecular flexibility index (Phi) is 6.31. The van der Waals surface area contributed by atoms with Crippen molar-refractivity contribution < 1.29 is 18.3 Å². The van der Waals surface area contributed by atoms with Crippen LogP contribution in [0.25, 0.3) is 0 Å². The predicted octanol–water partition coefficient (Wildman–Crippen LogP) is 4.33. The summed E-state index contributed by atoms with van der Waals surface area (Å²) >= 11 is 5.91. The van der Waals surface area contributed by atoms with Crippen LogP contribution in [0.5, 0.6) is 0 Å². The second-order valence-corrected chi connectivity index (χ2v) is 11.1. The van der Waals surface area contributed by atoms with Gasteiger partial charge < -0.3 is 14.9 Å². The second kappa shape index (κ2) is 9.28. The molecular weight excluding hydrogens is 486 g/mol. The van der Waals surface area contributed by atoms with Gasteiger partial charge in [0.05, 0.1) is 45.7 Å². The van der Waals surface area contributed by atoms with Gasteiger partial charge in [-0.05, 0) is 67.8 Å². The van der Waals surface area contributed by atoms with E-state index in [0.29, 0.717) is 35.5 Å². The van der Waals surface area contributed by atoms with Crippen LogP contribution < -0.4 is 14.5 Å². The van der Waals surface area contributed by atoms with Gasteiger partial charge in [0.2, 0.25) is 10.0 Å². The number of para-hydroxylation sites is 3. The van der Waals surface area contributed by atoms with Crippen LogP contribution in [0.3, 0.4) is 0 Å². The maximum atomic E-state index is 13.3. The number of halogens is 1. The van der Waals surface area contributed by atoms with Gasteiger partial charge in [-0.2, -0.15) is 0 Å². The van der Waals surface area contributed by atoms with E-state index in [1.165, 1.54) is 24.3 Å². The van der Waals surface area contributed by atoms with Gasteiger partial charge in [-0.15, -0.1) is 0 Å². The molecule has 0 saturated heterocycles. The first-order valence-corrected chi connectivity index (χ1v) is 13.4. The molecule has 0 bridgehead atoms. The maximum Gasteiger partial charge on any atom is 0.260 e. The topological polar surface area (TPSA) is 90.0 Å². The van der Waals surface area contributed by atoms with Crippen molar-refractivity contribution in [3.05, 3.63) is 83.4 Å². The summed E-state index contributed by atoms with van der Waals surface area (Å²) in [5.74, 6) is -0.138. The summed E-state index contributed by atoms with van der Waals surface area (Å²) in [4.78, 5) is 17.0. The van der Waals surface area contributed by atoms with Gasteiger partial charge in [-0.1, -0.05) is 35.9 Å². The molecular formula is C26H26ClN3O4S. The van der Waals surface area contributed by atoms with E-state index < -0.39 is 28.2 Å². The SMILES string of the molecule is CN1C(=O)c2ccccc2N([C@@H]2CCC[C@H](NS(=O)(=O)c3ccc(Cl)cc3)[C@H]2O)c2ccccc21. The number of sulfonamides is 1. The van der Waals surface area contributed by atoms with E-state index in [9.17, 15) is 18.3 Å². The number of carbonyl (C=O) groups excluding carboxylic acids is 1. The van der Waals surface area contributed by atoms with E-state index in [1.807, 2.05) is 47.4 Å². The third kappa shape index (κ3) is 4.31. The number of nitrogens with zero attached hydrogens (tertiary/aromatic N) is 2. The summed E-state index contributed by atoms with van der Waals surface area (Å²) in [6.07, 6.45) is 0.840. The van der Waals surface area contributed by atoms with Crippen LogP contribution in [0.15, 0.2) is 77.7 Å². The average molecular weight is 512 g/mol. The molecule has 3 aromatic rings. The highest BCUT2D eigenvalue weighted by atomic mass is 35.5. The first kappa shape index (κ1) is 23.8. The molecule has 1 amide bonds. The molecule has 35 heavy (non-hydrogen) atoms. The van der Waals surface area contributed by atoms with Crippen molar-refractivity contribution in [1.29, 1.82) is 0 Å². The maximum absolute atomic E-state index is 13.3. The first-order valence-electron chi connectivity index (χ1n) is 11.5. The van der Waals surface area contributed by atoms with E-state index >= 15 is 0 Å². The van der Waals surface area contributed by atoms with Gasteiger partial charge in [0.1, 0.15) is 0 Å². The largest absolute Gasteiger partial charge is 0.389 e. The van der Waals surface area contributed by atoms with Crippen LogP contribution in [0.4, 0.5) is 17.1 Å². The Bertz CT molecular complexity index is 1360. The molecule has 2 N–H and O–H groups in total. The number of anilines is 3. The smallest absolute Gasteiger partial charge is 0.260 e. The van der Waals surface area contributed by atoms with Gasteiger partial charge in [0.15, 0.2) is 0 Å². The lowest BCUT2D eigenvalue weighted by Crippen LogP contribution is -2.55. The van der Waals surface area contributed by atoms with E-state index in [1.54, 1.807) is 18.0 Å². The molecule has 5 rings (SSSR count). The summed E-state index contributed by atoms with van der Waals surface area (Å²) in [5, 5.41) is 12.0. The van der Waals surface area contributed by atoms with Gasteiger partial charge in [-0.3, -0.25) is 4.79 Å². The van der Waals surface area contributed by atoms with Crippen LogP contribution in [0.1, 0.15) is 29.6 Å². The molecule has 7 nitrogen and oxygen atoms in total. The number of aliphatic hydroxyl groups is 1. The molecule has 3 aromatic carbocycles. The Balaban J connectivity index is 1.53. The highest BCUT2D eigenvalue weighted by molar-refractivity contribution is 7.89. The summed E-state index contributed by atoms with van der Waals surface area (Å²) in [5.41, 5.74) is 2.74. The highest BCUT2D eigenvalue weighted by Crippen LogP contribution is 2.44. The predicted molar refractivity (Wildman–Crippen MR) is 137 cm³/mol. The molecule has 3 atom stereocenters. The molecule has 9 heteroatoms. The Hall–Kier alpha value is -2.91. The second-order valence-electron chi connectivity index (χ2n) is 8.91. The lowest BCUT2D eigenvalue weighted by Gasteiger charge is -2.43. The van der Waals surface area contributed by atoms with Crippen molar-refractivity contribution in [2.24, 2.45) is 0 Å².